The Morgan fingerprint density at radius 2 is 1.41 bits per heavy atom. The van der Waals surface area contributed by atoms with E-state index in [4.69, 9.17) is 9.47 Å². The number of rotatable bonds is 7. The van der Waals surface area contributed by atoms with E-state index >= 15 is 0 Å². The van der Waals surface area contributed by atoms with Gasteiger partial charge < -0.3 is 9.47 Å². The van der Waals surface area contributed by atoms with Crippen molar-refractivity contribution < 1.29 is 9.47 Å². The summed E-state index contributed by atoms with van der Waals surface area (Å²) in [6, 6.07) is 29.7. The van der Waals surface area contributed by atoms with E-state index in [1.165, 1.54) is 5.56 Å². The van der Waals surface area contributed by atoms with Crippen molar-refractivity contribution in [3.63, 3.8) is 0 Å². The fourth-order valence-electron chi connectivity index (χ4n) is 3.01. The normalized spacial score (nSPS) is 11.0. The Hall–Kier alpha value is -2.89. The Kier molecular flexibility index (Phi) is 7.40. The highest BCUT2D eigenvalue weighted by Crippen LogP contribution is 2.35. The zero-order valence-corrected chi connectivity index (χ0v) is 20.6. The predicted octanol–water partition coefficient (Wildman–Crippen LogP) is 8.64. The number of hydrogen-bond donors (Lipinski definition) is 0. The van der Waals surface area contributed by atoms with Crippen molar-refractivity contribution in [1.29, 1.82) is 0 Å². The second kappa shape index (κ2) is 10.6. The van der Waals surface area contributed by atoms with Crippen molar-refractivity contribution in [2.75, 3.05) is 0 Å². The third-order valence-electron chi connectivity index (χ3n) is 4.70. The minimum Gasteiger partial charge on any atom is -0.487 e. The summed E-state index contributed by atoms with van der Waals surface area (Å²) in [7, 11) is 0. The summed E-state index contributed by atoms with van der Waals surface area (Å²) in [5.74, 6) is 2.35. The molecular weight excluding hydrogens is 530 g/mol. The van der Waals surface area contributed by atoms with E-state index in [2.05, 4.69) is 68.0 Å². The molecule has 4 rings (SSSR count). The lowest BCUT2D eigenvalue weighted by Crippen LogP contribution is -1.98. The van der Waals surface area contributed by atoms with E-state index in [-0.39, 0.29) is 0 Å². The number of aliphatic imine (C=N–C) groups is 1. The van der Waals surface area contributed by atoms with E-state index in [0.717, 1.165) is 43.0 Å². The molecular formula is C27H21Br2NO2. The van der Waals surface area contributed by atoms with Gasteiger partial charge in [-0.15, -0.1) is 0 Å². The van der Waals surface area contributed by atoms with Crippen LogP contribution in [0.15, 0.2) is 105 Å². The molecule has 0 heterocycles. The first kappa shape index (κ1) is 22.3. The van der Waals surface area contributed by atoms with Crippen LogP contribution >= 0.6 is 31.9 Å². The zero-order valence-electron chi connectivity index (χ0n) is 17.5. The number of aryl methyl sites for hydroxylation is 1. The number of nitrogens with zero attached hydrogens (tertiary/aromatic N) is 1. The molecule has 0 aliphatic carbocycles. The van der Waals surface area contributed by atoms with Crippen LogP contribution in [0.25, 0.3) is 0 Å². The van der Waals surface area contributed by atoms with Gasteiger partial charge >= 0.3 is 0 Å². The number of para-hydroxylation sites is 1. The van der Waals surface area contributed by atoms with Gasteiger partial charge in [0.05, 0.1) is 14.6 Å². The summed E-state index contributed by atoms with van der Waals surface area (Å²) in [5, 5.41) is 0. The standard InChI is InChI=1S/C27H21Br2NO2/c1-19-7-9-20(10-8-19)18-31-27-25(28)15-21(16-26(27)29)17-30-22-11-13-24(14-12-22)32-23-5-3-2-4-6-23/h2-17H,18H2,1H3. The number of benzene rings is 4. The van der Waals surface area contributed by atoms with Gasteiger partial charge in [0, 0.05) is 6.21 Å². The monoisotopic (exact) mass is 549 g/mol. The molecule has 5 heteroatoms. The third-order valence-corrected chi connectivity index (χ3v) is 5.88. The molecule has 0 N–H and O–H groups in total. The molecule has 0 aromatic heterocycles. The van der Waals surface area contributed by atoms with E-state index in [1.54, 1.807) is 0 Å². The Bertz CT molecular complexity index is 1180. The van der Waals surface area contributed by atoms with E-state index in [9.17, 15) is 0 Å². The second-order valence-electron chi connectivity index (χ2n) is 7.26. The van der Waals surface area contributed by atoms with Crippen LogP contribution in [0.5, 0.6) is 17.2 Å². The minimum absolute atomic E-state index is 0.502. The lowest BCUT2D eigenvalue weighted by atomic mass is 10.2. The molecule has 0 aliphatic rings. The smallest absolute Gasteiger partial charge is 0.148 e. The van der Waals surface area contributed by atoms with Crippen LogP contribution in [0.2, 0.25) is 0 Å². The summed E-state index contributed by atoms with van der Waals surface area (Å²) in [6.07, 6.45) is 1.83. The summed E-state index contributed by atoms with van der Waals surface area (Å²) in [6.45, 7) is 2.58. The van der Waals surface area contributed by atoms with Gasteiger partial charge in [-0.1, -0.05) is 48.0 Å². The molecule has 32 heavy (non-hydrogen) atoms. The highest BCUT2D eigenvalue weighted by atomic mass is 79.9. The molecule has 0 atom stereocenters. The van der Waals surface area contributed by atoms with Gasteiger partial charge in [0.2, 0.25) is 0 Å². The Morgan fingerprint density at radius 1 is 0.781 bits per heavy atom. The van der Waals surface area contributed by atoms with Gasteiger partial charge in [0.25, 0.3) is 0 Å². The highest BCUT2D eigenvalue weighted by molar-refractivity contribution is 9.11. The average molecular weight is 551 g/mol. The molecule has 0 radical (unpaired) electrons. The maximum absolute atomic E-state index is 6.02. The van der Waals surface area contributed by atoms with E-state index in [0.29, 0.717) is 6.61 Å². The molecule has 0 amide bonds. The van der Waals surface area contributed by atoms with Crippen molar-refractivity contribution in [3.05, 3.63) is 117 Å². The first-order chi connectivity index (χ1) is 15.6. The fourth-order valence-corrected chi connectivity index (χ4v) is 4.46. The SMILES string of the molecule is Cc1ccc(COc2c(Br)cc(C=Nc3ccc(Oc4ccccc4)cc3)cc2Br)cc1. The fraction of sp³-hybridized carbons (Fsp3) is 0.0741. The van der Waals surface area contributed by atoms with Crippen LogP contribution in [-0.4, -0.2) is 6.21 Å². The van der Waals surface area contributed by atoms with Gasteiger partial charge in [0.1, 0.15) is 23.9 Å². The summed E-state index contributed by atoms with van der Waals surface area (Å²) < 4.78 is 13.6. The lowest BCUT2D eigenvalue weighted by molar-refractivity contribution is 0.302. The van der Waals surface area contributed by atoms with E-state index in [1.807, 2.05) is 72.9 Å². The number of halogens is 2. The first-order valence-electron chi connectivity index (χ1n) is 10.1. The molecule has 0 aliphatic heterocycles. The number of hydrogen-bond acceptors (Lipinski definition) is 3. The Balaban J connectivity index is 1.41. The van der Waals surface area contributed by atoms with Gasteiger partial charge in [-0.25, -0.2) is 0 Å². The molecule has 160 valence electrons. The molecule has 0 fully saturated rings. The quantitative estimate of drug-likeness (QED) is 0.215. The van der Waals surface area contributed by atoms with Crippen molar-refractivity contribution >= 4 is 43.8 Å². The molecule has 3 nitrogen and oxygen atoms in total. The topological polar surface area (TPSA) is 30.8 Å². The van der Waals surface area contributed by atoms with Crippen molar-refractivity contribution in [3.8, 4) is 17.2 Å². The Labute approximate surface area is 205 Å². The predicted molar refractivity (Wildman–Crippen MR) is 138 cm³/mol. The Morgan fingerprint density at radius 3 is 2.06 bits per heavy atom. The number of ether oxygens (including phenoxy) is 2. The maximum Gasteiger partial charge on any atom is 0.148 e. The summed E-state index contributed by atoms with van der Waals surface area (Å²) >= 11 is 7.23. The van der Waals surface area contributed by atoms with E-state index < -0.39 is 0 Å². The molecule has 0 spiro atoms. The van der Waals surface area contributed by atoms with Gasteiger partial charge in [0.15, 0.2) is 0 Å². The second-order valence-corrected chi connectivity index (χ2v) is 8.96. The van der Waals surface area contributed by atoms with Crippen molar-refractivity contribution in [1.82, 2.24) is 0 Å². The summed E-state index contributed by atoms with van der Waals surface area (Å²) in [5.41, 5.74) is 4.16. The van der Waals surface area contributed by atoms with Crippen LogP contribution in [0.1, 0.15) is 16.7 Å². The van der Waals surface area contributed by atoms with Crippen molar-refractivity contribution in [2.24, 2.45) is 4.99 Å². The van der Waals surface area contributed by atoms with Crippen LogP contribution in [0.3, 0.4) is 0 Å². The van der Waals surface area contributed by atoms with Gasteiger partial charge in [-0.2, -0.15) is 0 Å². The molecule has 0 saturated heterocycles. The lowest BCUT2D eigenvalue weighted by Gasteiger charge is -2.11. The third kappa shape index (κ3) is 6.09. The van der Waals surface area contributed by atoms with Crippen molar-refractivity contribution in [2.45, 2.75) is 13.5 Å². The maximum atomic E-state index is 6.02. The molecule has 4 aromatic rings. The summed E-state index contributed by atoms with van der Waals surface area (Å²) in [4.78, 5) is 4.58. The zero-order chi connectivity index (χ0) is 22.3. The van der Waals surface area contributed by atoms with Crippen LogP contribution in [0, 0.1) is 6.92 Å². The van der Waals surface area contributed by atoms with Crippen LogP contribution in [-0.2, 0) is 6.61 Å². The molecule has 0 unspecified atom stereocenters. The van der Waals surface area contributed by atoms with Crippen LogP contribution in [0.4, 0.5) is 5.69 Å². The molecule has 0 saturated carbocycles. The minimum atomic E-state index is 0.502. The average Bonchev–Trinajstić information content (AvgIpc) is 2.80. The first-order valence-corrected chi connectivity index (χ1v) is 11.7. The molecule has 4 aromatic carbocycles. The largest absolute Gasteiger partial charge is 0.487 e. The van der Waals surface area contributed by atoms with Crippen LogP contribution < -0.4 is 9.47 Å². The van der Waals surface area contributed by atoms with Gasteiger partial charge in [-0.3, -0.25) is 4.99 Å². The highest BCUT2D eigenvalue weighted by Gasteiger charge is 2.09. The molecule has 0 bridgehead atoms. The van der Waals surface area contributed by atoms with Gasteiger partial charge in [-0.05, 0) is 98.4 Å².